The first-order valence-electron chi connectivity index (χ1n) is 12.7. The van der Waals surface area contributed by atoms with Crippen LogP contribution >= 0.6 is 7.67 Å². The fourth-order valence-electron chi connectivity index (χ4n) is 5.19. The number of hydrogen-bond acceptors (Lipinski definition) is 8. The monoisotopic (exact) mass is 526 g/mol. The molecule has 1 atom stereocenters. The third-order valence-corrected chi connectivity index (χ3v) is 10.3. The highest BCUT2D eigenvalue weighted by atomic mass is 31.2. The summed E-state index contributed by atoms with van der Waals surface area (Å²) in [4.78, 5) is 26.8. The number of nitrogens with zero attached hydrogens (tertiary/aromatic N) is 4. The summed E-state index contributed by atoms with van der Waals surface area (Å²) in [6.07, 6.45) is 0.692. The second kappa shape index (κ2) is 8.89. The largest absolute Gasteiger partial charge is 0.493 e. The van der Waals surface area contributed by atoms with Gasteiger partial charge in [-0.1, -0.05) is 6.07 Å². The number of fused-ring (bicyclic) bond motifs is 2. The third-order valence-electron chi connectivity index (χ3n) is 7.51. The first-order chi connectivity index (χ1) is 18.0. The Kier molecular flexibility index (Phi) is 5.60. The Bertz CT molecular complexity index is 1310. The van der Waals surface area contributed by atoms with Gasteiger partial charge in [0.05, 0.1) is 32.0 Å². The lowest BCUT2D eigenvalue weighted by molar-refractivity contribution is -0.0549. The highest BCUT2D eigenvalue weighted by Gasteiger charge is 2.51. The average Bonchev–Trinajstić information content (AvgIpc) is 3.77. The number of carbonyl (C=O) groups excluding carboxylic acids is 1. The van der Waals surface area contributed by atoms with Crippen LogP contribution in [0, 0.1) is 4.91 Å². The summed E-state index contributed by atoms with van der Waals surface area (Å²) in [7, 11) is -3.07. The van der Waals surface area contributed by atoms with Gasteiger partial charge in [0, 0.05) is 61.9 Å². The van der Waals surface area contributed by atoms with Gasteiger partial charge in [0.2, 0.25) is 0 Å². The summed E-state index contributed by atoms with van der Waals surface area (Å²) in [5.41, 5.74) is 2.16. The summed E-state index contributed by atoms with van der Waals surface area (Å²) in [5.74, 6) is 1.19. The second-order valence-electron chi connectivity index (χ2n) is 9.90. The van der Waals surface area contributed by atoms with Gasteiger partial charge < -0.3 is 19.1 Å². The normalized spacial score (nSPS) is 23.5. The first-order valence-corrected chi connectivity index (χ1v) is 14.2. The van der Waals surface area contributed by atoms with E-state index in [1.807, 2.05) is 14.2 Å². The molecule has 0 saturated carbocycles. The lowest BCUT2D eigenvalue weighted by atomic mass is 9.96. The minimum Gasteiger partial charge on any atom is -0.493 e. The Morgan fingerprint density at radius 3 is 2.49 bits per heavy atom. The van der Waals surface area contributed by atoms with Gasteiger partial charge in [-0.2, -0.15) is 0 Å². The number of benzene rings is 2. The third kappa shape index (κ3) is 4.06. The van der Waals surface area contributed by atoms with Crippen LogP contribution in [0.2, 0.25) is 0 Å². The number of hydrogen-bond donors (Lipinski definition) is 0. The van der Waals surface area contributed by atoms with Crippen molar-refractivity contribution in [1.29, 1.82) is 0 Å². The first kappa shape index (κ1) is 23.3. The molecule has 3 fully saturated rings. The maximum absolute atomic E-state index is 13.7. The SMILES string of the molecule is O=Nc1cc2c(cc1Oc1cccc3c1CCN(C1COC1)C3=O)C(OP(=O)(N1CC1)N1CC1)CCO2. The molecule has 5 aliphatic rings. The van der Waals surface area contributed by atoms with Crippen molar-refractivity contribution < 1.29 is 28.1 Å². The molecular formula is C25H27N4O7P. The summed E-state index contributed by atoms with van der Waals surface area (Å²) in [5, 5.41) is 3.18. The molecule has 0 spiro atoms. The van der Waals surface area contributed by atoms with E-state index in [1.54, 1.807) is 30.3 Å². The number of carbonyl (C=O) groups is 1. The molecule has 0 radical (unpaired) electrons. The molecule has 7 rings (SSSR count). The zero-order valence-electron chi connectivity index (χ0n) is 20.2. The van der Waals surface area contributed by atoms with Crippen molar-refractivity contribution >= 4 is 19.3 Å². The minimum absolute atomic E-state index is 0.0399. The van der Waals surface area contributed by atoms with E-state index in [0.29, 0.717) is 61.8 Å². The molecule has 0 bridgehead atoms. The van der Waals surface area contributed by atoms with E-state index in [2.05, 4.69) is 5.18 Å². The van der Waals surface area contributed by atoms with E-state index in [4.69, 9.17) is 18.7 Å². The van der Waals surface area contributed by atoms with Crippen LogP contribution in [0.15, 0.2) is 35.5 Å². The molecule has 11 nitrogen and oxygen atoms in total. The lowest BCUT2D eigenvalue weighted by Gasteiger charge is -2.40. The molecule has 5 heterocycles. The van der Waals surface area contributed by atoms with E-state index in [1.165, 1.54) is 0 Å². The van der Waals surface area contributed by atoms with Gasteiger partial charge in [0.25, 0.3) is 5.91 Å². The fourth-order valence-corrected chi connectivity index (χ4v) is 7.55. The van der Waals surface area contributed by atoms with Gasteiger partial charge in [-0.15, -0.1) is 4.91 Å². The molecule has 5 aliphatic heterocycles. The quantitative estimate of drug-likeness (QED) is 0.288. The van der Waals surface area contributed by atoms with E-state index in [0.717, 1.165) is 31.7 Å². The molecule has 194 valence electrons. The van der Waals surface area contributed by atoms with Crippen molar-refractivity contribution in [2.24, 2.45) is 5.18 Å². The molecule has 0 aromatic heterocycles. The van der Waals surface area contributed by atoms with Crippen LogP contribution in [0.1, 0.15) is 34.0 Å². The Labute approximate surface area is 213 Å². The van der Waals surface area contributed by atoms with E-state index >= 15 is 0 Å². The van der Waals surface area contributed by atoms with Gasteiger partial charge in [-0.05, 0) is 29.8 Å². The zero-order valence-corrected chi connectivity index (χ0v) is 21.1. The fraction of sp³-hybridized carbons (Fsp3) is 0.480. The Hall–Kier alpha value is -2.82. The van der Waals surface area contributed by atoms with E-state index in [9.17, 15) is 14.3 Å². The molecular weight excluding hydrogens is 499 g/mol. The maximum atomic E-state index is 13.7. The molecule has 2 aromatic carbocycles. The smallest absolute Gasteiger partial charge is 0.346 e. The molecule has 3 saturated heterocycles. The topological polar surface area (TPSA) is 110 Å². The molecule has 12 heteroatoms. The second-order valence-corrected chi connectivity index (χ2v) is 12.2. The van der Waals surface area contributed by atoms with Gasteiger partial charge in [0.1, 0.15) is 11.5 Å². The summed E-state index contributed by atoms with van der Waals surface area (Å²) in [6.45, 7) is 5.13. The lowest BCUT2D eigenvalue weighted by Crippen LogP contribution is -2.54. The zero-order chi connectivity index (χ0) is 25.1. The van der Waals surface area contributed by atoms with Gasteiger partial charge in [-0.3, -0.25) is 13.9 Å². The Morgan fingerprint density at radius 2 is 1.81 bits per heavy atom. The minimum atomic E-state index is -3.07. The number of rotatable bonds is 8. The molecule has 1 unspecified atom stereocenters. The standard InChI is InChI=1S/C25H27N4O7P/c30-25-18-2-1-3-21(17(18)4-6-29(25)16-14-33-15-16)35-24-12-19-22(5-11-34-23(19)13-20(24)26-31)36-37(32,27-7-8-27)28-9-10-28/h1-3,12-13,16,22H,4-11,14-15H2. The van der Waals surface area contributed by atoms with Crippen LogP contribution in [-0.4, -0.2) is 78.7 Å². The van der Waals surface area contributed by atoms with Gasteiger partial charge >= 0.3 is 7.67 Å². The van der Waals surface area contributed by atoms with Crippen molar-refractivity contribution in [1.82, 2.24) is 14.2 Å². The predicted molar refractivity (Wildman–Crippen MR) is 132 cm³/mol. The van der Waals surface area contributed by atoms with Crippen molar-refractivity contribution in [3.05, 3.63) is 51.9 Å². The molecule has 0 N–H and O–H groups in total. The van der Waals surface area contributed by atoms with E-state index < -0.39 is 13.8 Å². The van der Waals surface area contributed by atoms with Crippen molar-refractivity contribution in [2.45, 2.75) is 25.0 Å². The van der Waals surface area contributed by atoms with Crippen molar-refractivity contribution in [3.8, 4) is 17.2 Å². The highest BCUT2D eigenvalue weighted by Crippen LogP contribution is 2.64. The van der Waals surface area contributed by atoms with Crippen LogP contribution < -0.4 is 9.47 Å². The van der Waals surface area contributed by atoms with Gasteiger partial charge in [0.15, 0.2) is 11.4 Å². The average molecular weight is 526 g/mol. The van der Waals surface area contributed by atoms with Crippen LogP contribution in [0.25, 0.3) is 0 Å². The maximum Gasteiger partial charge on any atom is 0.346 e. The van der Waals surface area contributed by atoms with Gasteiger partial charge in [-0.25, -0.2) is 9.34 Å². The van der Waals surface area contributed by atoms with Crippen LogP contribution in [0.5, 0.6) is 17.2 Å². The van der Waals surface area contributed by atoms with Crippen molar-refractivity contribution in [3.63, 3.8) is 0 Å². The molecule has 37 heavy (non-hydrogen) atoms. The molecule has 2 aromatic rings. The number of nitroso groups, excluding NO2 is 1. The summed E-state index contributed by atoms with van der Waals surface area (Å²) < 4.78 is 41.0. The Morgan fingerprint density at radius 1 is 1.03 bits per heavy atom. The predicted octanol–water partition coefficient (Wildman–Crippen LogP) is 3.85. The number of amides is 1. The van der Waals surface area contributed by atoms with E-state index in [-0.39, 0.29) is 23.4 Å². The summed E-state index contributed by atoms with van der Waals surface area (Å²) in [6, 6.07) is 8.74. The van der Waals surface area contributed by atoms with Crippen LogP contribution in [-0.2, 0) is 20.2 Å². The molecule has 1 amide bonds. The number of ether oxygens (including phenoxy) is 3. The molecule has 0 aliphatic carbocycles. The van der Waals surface area contributed by atoms with Crippen molar-refractivity contribution in [2.75, 3.05) is 52.5 Å². The highest BCUT2D eigenvalue weighted by molar-refractivity contribution is 7.54. The summed E-state index contributed by atoms with van der Waals surface area (Å²) >= 11 is 0. The van der Waals surface area contributed by atoms with Crippen LogP contribution in [0.3, 0.4) is 0 Å². The van der Waals surface area contributed by atoms with Crippen LogP contribution in [0.4, 0.5) is 5.69 Å². The Balaban J connectivity index is 1.20.